The molecular weight excluding hydrogens is 280 g/mol. The van der Waals surface area contributed by atoms with Gasteiger partial charge in [0.25, 0.3) is 5.56 Å². The summed E-state index contributed by atoms with van der Waals surface area (Å²) in [4.78, 5) is 24.5. The Labute approximate surface area is 126 Å². The third-order valence-electron chi connectivity index (χ3n) is 4.13. The van der Waals surface area contributed by atoms with Crippen LogP contribution in [0.5, 0.6) is 5.88 Å². The Balaban J connectivity index is 2.00. The largest absolute Gasteiger partial charge is 0.441 e. The van der Waals surface area contributed by atoms with Gasteiger partial charge in [-0.05, 0) is 12.1 Å². The molecule has 0 bridgehead atoms. The third-order valence-corrected chi connectivity index (χ3v) is 4.13. The van der Waals surface area contributed by atoms with Crippen molar-refractivity contribution in [2.24, 2.45) is 14.1 Å². The zero-order valence-corrected chi connectivity index (χ0v) is 12.2. The molecule has 1 atom stereocenters. The van der Waals surface area contributed by atoms with Crippen LogP contribution in [0.1, 0.15) is 22.6 Å². The first-order valence-electron chi connectivity index (χ1n) is 6.95. The average Bonchev–Trinajstić information content (AvgIpc) is 2.78. The zero-order chi connectivity index (χ0) is 15.4. The fourth-order valence-electron chi connectivity index (χ4n) is 2.91. The predicted molar refractivity (Wildman–Crippen MR) is 82.4 cm³/mol. The molecular formula is C17H13N2O3+. The van der Waals surface area contributed by atoms with Crippen molar-refractivity contribution < 1.29 is 4.74 Å². The Morgan fingerprint density at radius 3 is 2.59 bits per heavy atom. The number of benzene rings is 1. The summed E-state index contributed by atoms with van der Waals surface area (Å²) in [5, 5.41) is 0. The van der Waals surface area contributed by atoms with E-state index in [9.17, 15) is 9.59 Å². The summed E-state index contributed by atoms with van der Waals surface area (Å²) in [6.45, 7) is 0. The van der Waals surface area contributed by atoms with E-state index in [1.54, 1.807) is 7.05 Å². The molecule has 1 aliphatic carbocycles. The van der Waals surface area contributed by atoms with Crippen LogP contribution in [0, 0.1) is 6.08 Å². The van der Waals surface area contributed by atoms with Gasteiger partial charge in [0.2, 0.25) is 5.88 Å². The third kappa shape index (κ3) is 1.57. The first-order chi connectivity index (χ1) is 10.6. The maximum Gasteiger partial charge on any atom is 0.333 e. The van der Waals surface area contributed by atoms with E-state index in [4.69, 9.17) is 4.74 Å². The van der Waals surface area contributed by atoms with Crippen LogP contribution in [-0.2, 0) is 14.1 Å². The summed E-state index contributed by atoms with van der Waals surface area (Å²) in [6, 6.07) is 7.86. The molecule has 2 aromatic rings. The number of hydrogen-bond acceptors (Lipinski definition) is 3. The minimum Gasteiger partial charge on any atom is -0.441 e. The highest BCUT2D eigenvalue weighted by Gasteiger charge is 2.40. The van der Waals surface area contributed by atoms with Crippen molar-refractivity contribution in [2.45, 2.75) is 5.92 Å². The van der Waals surface area contributed by atoms with Crippen LogP contribution >= 0.6 is 0 Å². The van der Waals surface area contributed by atoms with Crippen molar-refractivity contribution in [1.82, 2.24) is 9.13 Å². The number of ether oxygens (including phenoxy) is 1. The molecule has 22 heavy (non-hydrogen) atoms. The molecule has 4 rings (SSSR count). The van der Waals surface area contributed by atoms with Gasteiger partial charge in [0.1, 0.15) is 16.9 Å². The lowest BCUT2D eigenvalue weighted by Gasteiger charge is -2.06. The number of allylic oxidation sites excluding steroid dienone is 1. The summed E-state index contributed by atoms with van der Waals surface area (Å²) in [6.07, 6.45) is 6.99. The smallest absolute Gasteiger partial charge is 0.333 e. The molecule has 5 nitrogen and oxygen atoms in total. The van der Waals surface area contributed by atoms with Crippen LogP contribution in [0.2, 0.25) is 0 Å². The van der Waals surface area contributed by atoms with Crippen molar-refractivity contribution in [3.8, 4) is 5.88 Å². The van der Waals surface area contributed by atoms with Gasteiger partial charge in [0.05, 0.1) is 11.6 Å². The van der Waals surface area contributed by atoms with Gasteiger partial charge in [-0.25, -0.2) is 4.79 Å². The molecule has 0 saturated heterocycles. The van der Waals surface area contributed by atoms with Crippen molar-refractivity contribution >= 4 is 12.2 Å². The van der Waals surface area contributed by atoms with E-state index in [1.165, 1.54) is 11.6 Å². The van der Waals surface area contributed by atoms with Gasteiger partial charge in [-0.2, -0.15) is 0 Å². The van der Waals surface area contributed by atoms with E-state index in [0.717, 1.165) is 15.7 Å². The van der Waals surface area contributed by atoms with Gasteiger partial charge in [-0.1, -0.05) is 6.07 Å². The molecule has 1 aliphatic heterocycles. The fourth-order valence-corrected chi connectivity index (χ4v) is 2.91. The standard InChI is InChI=1S/C17H13N2O3/c1-18-15(20)14-12-8-7-10-5-3-4-6-11(10)9-13(12)22-16(14)19(2)17(18)21/h3-7,9,12H,1-2H3/q+1. The van der Waals surface area contributed by atoms with Crippen molar-refractivity contribution in [3.05, 3.63) is 73.6 Å². The Morgan fingerprint density at radius 2 is 1.82 bits per heavy atom. The molecule has 1 aromatic carbocycles. The molecule has 1 aromatic heterocycles. The monoisotopic (exact) mass is 293 g/mol. The molecule has 2 aliphatic rings. The summed E-state index contributed by atoms with van der Waals surface area (Å²) >= 11 is 0. The van der Waals surface area contributed by atoms with E-state index in [1.807, 2.05) is 36.4 Å². The number of hydrogen-bond donors (Lipinski definition) is 0. The molecule has 0 fully saturated rings. The highest BCUT2D eigenvalue weighted by Crippen LogP contribution is 2.40. The van der Waals surface area contributed by atoms with Gasteiger partial charge < -0.3 is 4.74 Å². The quantitative estimate of drug-likeness (QED) is 0.691. The van der Waals surface area contributed by atoms with Crippen LogP contribution < -0.4 is 16.0 Å². The van der Waals surface area contributed by atoms with Crippen LogP contribution in [0.4, 0.5) is 0 Å². The number of nitrogens with zero attached hydrogens (tertiary/aromatic N) is 2. The zero-order valence-electron chi connectivity index (χ0n) is 12.2. The molecule has 108 valence electrons. The fraction of sp³-hybridized carbons (Fsp3) is 0.176. The van der Waals surface area contributed by atoms with E-state index < -0.39 is 5.69 Å². The Kier molecular flexibility index (Phi) is 2.50. The second kappa shape index (κ2) is 4.29. The number of aromatic nitrogens is 2. The number of rotatable bonds is 0. The summed E-state index contributed by atoms with van der Waals surface area (Å²) in [5.74, 6) is 0.548. The summed E-state index contributed by atoms with van der Waals surface area (Å²) in [7, 11) is 3.08. The molecule has 0 saturated carbocycles. The maximum absolute atomic E-state index is 12.5. The maximum atomic E-state index is 12.5. The van der Waals surface area contributed by atoms with E-state index in [-0.39, 0.29) is 11.5 Å². The predicted octanol–water partition coefficient (Wildman–Crippen LogP) is 1.43. The lowest BCUT2D eigenvalue weighted by Crippen LogP contribution is -2.38. The van der Waals surface area contributed by atoms with E-state index in [0.29, 0.717) is 17.2 Å². The van der Waals surface area contributed by atoms with Gasteiger partial charge >= 0.3 is 5.69 Å². The van der Waals surface area contributed by atoms with Crippen molar-refractivity contribution in [1.29, 1.82) is 0 Å². The van der Waals surface area contributed by atoms with Gasteiger partial charge in [-0.3, -0.25) is 13.9 Å². The normalized spacial score (nSPS) is 17.5. The molecule has 0 spiro atoms. The topological polar surface area (TPSA) is 53.2 Å². The van der Waals surface area contributed by atoms with Crippen LogP contribution in [0.25, 0.3) is 12.2 Å². The highest BCUT2D eigenvalue weighted by atomic mass is 16.5. The Bertz CT molecular complexity index is 976. The second-order valence-electron chi connectivity index (χ2n) is 5.45. The SMILES string of the molecule is Cn1c2c(c(=O)n(C)c1=O)C1[C+]=Cc3ccccc3C=C1O2. The second-order valence-corrected chi connectivity index (χ2v) is 5.45. The Morgan fingerprint density at radius 1 is 1.09 bits per heavy atom. The minimum absolute atomic E-state index is 0.310. The first-order valence-corrected chi connectivity index (χ1v) is 6.95. The molecule has 5 heteroatoms. The first kappa shape index (κ1) is 12.8. The minimum atomic E-state index is -0.398. The van der Waals surface area contributed by atoms with Crippen molar-refractivity contribution in [3.63, 3.8) is 0 Å². The molecule has 1 unspecified atom stereocenters. The lowest BCUT2D eigenvalue weighted by atomic mass is 10.0. The van der Waals surface area contributed by atoms with Crippen molar-refractivity contribution in [2.75, 3.05) is 0 Å². The Hall–Kier alpha value is -2.91. The summed E-state index contributed by atoms with van der Waals surface area (Å²) in [5.41, 5.74) is 1.75. The molecule has 0 amide bonds. The highest BCUT2D eigenvalue weighted by molar-refractivity contribution is 5.71. The summed E-state index contributed by atoms with van der Waals surface area (Å²) < 4.78 is 8.29. The van der Waals surface area contributed by atoms with Gasteiger partial charge in [-0.15, -0.1) is 0 Å². The van der Waals surface area contributed by atoms with Crippen LogP contribution in [0.3, 0.4) is 0 Å². The van der Waals surface area contributed by atoms with Crippen LogP contribution in [-0.4, -0.2) is 9.13 Å². The van der Waals surface area contributed by atoms with E-state index in [2.05, 4.69) is 6.08 Å². The molecule has 0 radical (unpaired) electrons. The van der Waals surface area contributed by atoms with Gasteiger partial charge in [0, 0.05) is 26.2 Å². The number of fused-ring (bicyclic) bond motifs is 4. The van der Waals surface area contributed by atoms with Crippen LogP contribution in [0.15, 0.2) is 39.6 Å². The lowest BCUT2D eigenvalue weighted by molar-refractivity contribution is 0.401. The average molecular weight is 293 g/mol. The van der Waals surface area contributed by atoms with Gasteiger partial charge in [0.15, 0.2) is 12.0 Å². The molecule has 0 N–H and O–H groups in total. The van der Waals surface area contributed by atoms with E-state index >= 15 is 0 Å². The molecule has 2 heterocycles.